The molecule has 0 spiro atoms. The topological polar surface area (TPSA) is 35.5 Å². The van der Waals surface area contributed by atoms with Crippen LogP contribution in [0.3, 0.4) is 0 Å². The van der Waals surface area contributed by atoms with Gasteiger partial charge in [-0.25, -0.2) is 8.78 Å². The number of halogens is 2. The van der Waals surface area contributed by atoms with Crippen LogP contribution in [-0.2, 0) is 11.2 Å². The molecule has 0 saturated heterocycles. The van der Waals surface area contributed by atoms with Gasteiger partial charge in [0, 0.05) is 17.5 Å². The summed E-state index contributed by atoms with van der Waals surface area (Å²) in [4.78, 5) is 11.8. The number of benzene rings is 3. The van der Waals surface area contributed by atoms with Gasteiger partial charge in [0.25, 0.3) is 0 Å². The number of carbonyl (C=O) groups excluding carboxylic acids is 1. The molecule has 3 aromatic rings. The van der Waals surface area contributed by atoms with Crippen LogP contribution < -0.4 is 9.47 Å². The van der Waals surface area contributed by atoms with Crippen LogP contribution in [0.1, 0.15) is 61.3 Å². The van der Waals surface area contributed by atoms with E-state index in [-0.39, 0.29) is 28.9 Å². The molecule has 0 aromatic heterocycles. The number of ether oxygens (including phenoxy) is 2. The number of hydrogen-bond acceptors (Lipinski definition) is 3. The molecule has 0 bridgehead atoms. The molecule has 34 heavy (non-hydrogen) atoms. The van der Waals surface area contributed by atoms with Crippen LogP contribution in [0.4, 0.5) is 8.78 Å². The van der Waals surface area contributed by atoms with Gasteiger partial charge in [0.05, 0.1) is 7.11 Å². The molecule has 0 heterocycles. The van der Waals surface area contributed by atoms with Gasteiger partial charge in [-0.1, -0.05) is 24.3 Å². The Balaban J connectivity index is 1.40. The van der Waals surface area contributed by atoms with Gasteiger partial charge >= 0.3 is 0 Å². The average molecular weight is 463 g/mol. The van der Waals surface area contributed by atoms with Crippen molar-refractivity contribution >= 4 is 5.78 Å². The Kier molecular flexibility index (Phi) is 6.11. The molecule has 3 nitrogen and oxygen atoms in total. The van der Waals surface area contributed by atoms with Gasteiger partial charge in [-0.15, -0.1) is 0 Å². The Labute approximate surface area is 198 Å². The largest absolute Gasteiger partial charge is 0.497 e. The van der Waals surface area contributed by atoms with Crippen molar-refractivity contribution in [3.8, 4) is 22.6 Å². The van der Waals surface area contributed by atoms with E-state index in [0.717, 1.165) is 29.7 Å². The van der Waals surface area contributed by atoms with Crippen LogP contribution in [0.2, 0.25) is 0 Å². The van der Waals surface area contributed by atoms with Gasteiger partial charge in [-0.3, -0.25) is 0 Å². The lowest BCUT2D eigenvalue weighted by Crippen LogP contribution is -2.08. The van der Waals surface area contributed by atoms with Gasteiger partial charge in [0.2, 0.25) is 0 Å². The van der Waals surface area contributed by atoms with E-state index in [4.69, 9.17) is 9.47 Å². The van der Waals surface area contributed by atoms with Crippen LogP contribution in [0.15, 0.2) is 54.6 Å². The Bertz CT molecular complexity index is 1230. The van der Waals surface area contributed by atoms with Crippen molar-refractivity contribution < 1.29 is 23.0 Å². The third-order valence-electron chi connectivity index (χ3n) is 7.01. The van der Waals surface area contributed by atoms with Crippen LogP contribution in [0, 0.1) is 17.6 Å². The van der Waals surface area contributed by atoms with Gasteiger partial charge in [0.15, 0.2) is 0 Å². The van der Waals surface area contributed by atoms with Crippen molar-refractivity contribution in [3.05, 3.63) is 82.9 Å². The third-order valence-corrected chi connectivity index (χ3v) is 7.01. The normalized spacial score (nSPS) is 17.8. The maximum atomic E-state index is 15.5. The zero-order valence-corrected chi connectivity index (χ0v) is 19.4. The second-order valence-electron chi connectivity index (χ2n) is 9.41. The highest BCUT2D eigenvalue weighted by Gasteiger charge is 2.33. The van der Waals surface area contributed by atoms with Crippen molar-refractivity contribution in [3.63, 3.8) is 0 Å². The number of fused-ring (bicyclic) bond motifs is 1. The lowest BCUT2D eigenvalue weighted by Gasteiger charge is -2.19. The van der Waals surface area contributed by atoms with Gasteiger partial charge < -0.3 is 14.3 Å². The smallest absolute Gasteiger partial charge is 0.134 e. The van der Waals surface area contributed by atoms with Crippen molar-refractivity contribution in [2.75, 3.05) is 7.11 Å². The number of carbonyl (C=O) groups is 1. The van der Waals surface area contributed by atoms with Crippen LogP contribution in [0.25, 0.3) is 11.1 Å². The monoisotopic (exact) mass is 462 g/mol. The highest BCUT2D eigenvalue weighted by Crippen LogP contribution is 2.46. The van der Waals surface area contributed by atoms with E-state index in [1.807, 2.05) is 24.3 Å². The number of rotatable bonds is 8. The first-order valence-corrected chi connectivity index (χ1v) is 11.9. The lowest BCUT2D eigenvalue weighted by atomic mass is 9.89. The van der Waals surface area contributed by atoms with E-state index in [1.165, 1.54) is 25.3 Å². The summed E-state index contributed by atoms with van der Waals surface area (Å²) in [7, 11) is 1.50. The van der Waals surface area contributed by atoms with Crippen LogP contribution >= 0.6 is 0 Å². The summed E-state index contributed by atoms with van der Waals surface area (Å²) in [6.07, 6.45) is 3.79. The Hall–Kier alpha value is -3.21. The molecule has 2 atom stereocenters. The van der Waals surface area contributed by atoms with E-state index in [2.05, 4.69) is 6.07 Å². The van der Waals surface area contributed by atoms with E-state index in [9.17, 15) is 9.18 Å². The fraction of sp³-hybridized carbons (Fsp3) is 0.345. The standard InChI is InChI=1S/C29H28F2O3/c1-17(32)14-25(18-6-7-18)19-4-3-5-21(15-19)34-28-13-11-23-22(28)9-10-24(29(23)31)26-16-20(33-2)8-12-27(26)30/h3-5,8-10,12,15-16,18,25,28H,6-7,11,13-14H2,1-2H3/t25-,28+/m0/s1. The zero-order valence-electron chi connectivity index (χ0n) is 19.4. The summed E-state index contributed by atoms with van der Waals surface area (Å²) in [5.41, 5.74) is 2.93. The van der Waals surface area contributed by atoms with E-state index in [1.54, 1.807) is 13.0 Å². The predicted molar refractivity (Wildman–Crippen MR) is 127 cm³/mol. The summed E-state index contributed by atoms with van der Waals surface area (Å²) >= 11 is 0. The molecular formula is C29H28F2O3. The summed E-state index contributed by atoms with van der Waals surface area (Å²) in [5, 5.41) is 0. The summed E-state index contributed by atoms with van der Waals surface area (Å²) in [5.74, 6) is 1.31. The number of Topliss-reactive ketones (excluding diaryl/α,β-unsaturated/α-hetero) is 1. The van der Waals surface area contributed by atoms with Gasteiger partial charge in [-0.05, 0) is 91.5 Å². The molecule has 1 fully saturated rings. The predicted octanol–water partition coefficient (Wildman–Crippen LogP) is 7.18. The zero-order chi connectivity index (χ0) is 23.8. The van der Waals surface area contributed by atoms with Crippen LogP contribution in [-0.4, -0.2) is 12.9 Å². The molecule has 1 saturated carbocycles. The average Bonchev–Trinajstić information content (AvgIpc) is 3.59. The summed E-state index contributed by atoms with van der Waals surface area (Å²) in [6, 6.07) is 15.8. The minimum Gasteiger partial charge on any atom is -0.497 e. The van der Waals surface area contributed by atoms with Crippen molar-refractivity contribution in [2.24, 2.45) is 5.92 Å². The van der Waals surface area contributed by atoms with E-state index < -0.39 is 11.6 Å². The second-order valence-corrected chi connectivity index (χ2v) is 9.41. The number of hydrogen-bond donors (Lipinski definition) is 0. The molecule has 5 rings (SSSR count). The SMILES string of the molecule is COc1ccc(F)c(-c2ccc3c(c2F)CC[C@H]3Oc2cccc([C@@H](CC(C)=O)C3CC3)c2)c1. The molecule has 3 aromatic carbocycles. The molecule has 176 valence electrons. The minimum atomic E-state index is -0.488. The Morgan fingerprint density at radius 3 is 2.56 bits per heavy atom. The van der Waals surface area contributed by atoms with Gasteiger partial charge in [0.1, 0.15) is 35.0 Å². The van der Waals surface area contributed by atoms with Crippen molar-refractivity contribution in [2.45, 2.75) is 51.0 Å². The Morgan fingerprint density at radius 2 is 1.82 bits per heavy atom. The fourth-order valence-electron chi connectivity index (χ4n) is 5.14. The molecule has 0 unspecified atom stereocenters. The number of methoxy groups -OCH3 is 1. The van der Waals surface area contributed by atoms with Gasteiger partial charge in [-0.2, -0.15) is 0 Å². The number of ketones is 1. The molecule has 0 aliphatic heterocycles. The van der Waals surface area contributed by atoms with E-state index >= 15 is 4.39 Å². The molecule has 0 N–H and O–H groups in total. The molecular weight excluding hydrogens is 434 g/mol. The lowest BCUT2D eigenvalue weighted by molar-refractivity contribution is -0.117. The maximum Gasteiger partial charge on any atom is 0.134 e. The van der Waals surface area contributed by atoms with Crippen LogP contribution in [0.5, 0.6) is 11.5 Å². The summed E-state index contributed by atoms with van der Waals surface area (Å²) in [6.45, 7) is 1.64. The highest BCUT2D eigenvalue weighted by molar-refractivity contribution is 5.76. The second kappa shape index (κ2) is 9.21. The first-order chi connectivity index (χ1) is 16.4. The molecule has 2 aliphatic carbocycles. The Morgan fingerprint density at radius 1 is 1.00 bits per heavy atom. The van der Waals surface area contributed by atoms with Crippen molar-refractivity contribution in [1.82, 2.24) is 0 Å². The molecule has 2 aliphatic rings. The molecule has 5 heteroatoms. The maximum absolute atomic E-state index is 15.5. The minimum absolute atomic E-state index is 0.188. The molecule has 0 amide bonds. The van der Waals surface area contributed by atoms with E-state index in [0.29, 0.717) is 36.5 Å². The third kappa shape index (κ3) is 4.44. The highest BCUT2D eigenvalue weighted by atomic mass is 19.1. The molecule has 0 radical (unpaired) electrons. The van der Waals surface area contributed by atoms with Crippen molar-refractivity contribution in [1.29, 1.82) is 0 Å². The quantitative estimate of drug-likeness (QED) is 0.356. The fourth-order valence-corrected chi connectivity index (χ4v) is 5.14. The first kappa shape index (κ1) is 22.6. The summed E-state index contributed by atoms with van der Waals surface area (Å²) < 4.78 is 41.4. The first-order valence-electron chi connectivity index (χ1n) is 11.9.